The smallest absolute Gasteiger partial charge is 0.350 e. The lowest BCUT2D eigenvalue weighted by Crippen LogP contribution is -2.15. The Morgan fingerprint density at radius 1 is 1.34 bits per heavy atom. The van der Waals surface area contributed by atoms with Crippen LogP contribution in [-0.2, 0) is 17.6 Å². The highest BCUT2D eigenvalue weighted by Crippen LogP contribution is 2.32. The maximum absolute atomic E-state index is 13.2. The Morgan fingerprint density at radius 3 is 2.97 bits per heavy atom. The number of carbonyl (C=O) groups excluding carboxylic acids is 2. The van der Waals surface area contributed by atoms with Crippen molar-refractivity contribution in [2.75, 3.05) is 11.9 Å². The van der Waals surface area contributed by atoms with Crippen molar-refractivity contribution in [1.29, 1.82) is 0 Å². The van der Waals surface area contributed by atoms with Gasteiger partial charge in [-0.1, -0.05) is 35.6 Å². The number of nitrogens with zero attached hydrogens (tertiary/aromatic N) is 2. The number of fused-ring (bicyclic) bond motifs is 2. The fourth-order valence-electron chi connectivity index (χ4n) is 3.49. The molecule has 8 heteroatoms. The minimum absolute atomic E-state index is 0.119. The molecule has 1 aromatic carbocycles. The molecule has 4 rings (SSSR count). The van der Waals surface area contributed by atoms with Crippen LogP contribution in [0.5, 0.6) is 0 Å². The van der Waals surface area contributed by atoms with Gasteiger partial charge in [0.1, 0.15) is 11.5 Å². The number of esters is 1. The largest absolute Gasteiger partial charge is 0.457 e. The van der Waals surface area contributed by atoms with Crippen LogP contribution >= 0.6 is 22.9 Å². The highest BCUT2D eigenvalue weighted by atomic mass is 35.5. The fraction of sp³-hybridized carbons (Fsp3) is 0.238. The van der Waals surface area contributed by atoms with Gasteiger partial charge in [0.15, 0.2) is 5.13 Å². The van der Waals surface area contributed by atoms with Crippen LogP contribution < -0.4 is 5.32 Å². The molecule has 0 aliphatic heterocycles. The van der Waals surface area contributed by atoms with Gasteiger partial charge in [0.05, 0.1) is 16.8 Å². The topological polar surface area (TPSA) is 81.2 Å². The van der Waals surface area contributed by atoms with Gasteiger partial charge < -0.3 is 4.74 Å². The summed E-state index contributed by atoms with van der Waals surface area (Å²) in [6, 6.07) is 5.36. The number of benzene rings is 1. The van der Waals surface area contributed by atoms with Crippen molar-refractivity contribution < 1.29 is 14.3 Å². The Morgan fingerprint density at radius 2 is 2.17 bits per heavy atom. The van der Waals surface area contributed by atoms with Gasteiger partial charge in [-0.2, -0.15) is 0 Å². The highest BCUT2D eigenvalue weighted by molar-refractivity contribution is 7.17. The van der Waals surface area contributed by atoms with Gasteiger partial charge in [-0.25, -0.2) is 9.78 Å². The lowest BCUT2D eigenvalue weighted by molar-refractivity contribution is 0.0554. The Kier molecular flexibility index (Phi) is 5.34. The summed E-state index contributed by atoms with van der Waals surface area (Å²) in [6.45, 7) is 5.35. The molecule has 0 fully saturated rings. The Balaban J connectivity index is 1.69. The summed E-state index contributed by atoms with van der Waals surface area (Å²) in [5, 5.41) is 4.45. The van der Waals surface area contributed by atoms with Gasteiger partial charge in [0.25, 0.3) is 5.91 Å². The molecule has 1 N–H and O–H groups in total. The molecule has 1 aliphatic rings. The Bertz CT molecular complexity index is 1160. The number of hydrogen-bond donors (Lipinski definition) is 1. The van der Waals surface area contributed by atoms with Gasteiger partial charge >= 0.3 is 5.97 Å². The summed E-state index contributed by atoms with van der Waals surface area (Å²) in [5.41, 5.74) is 3.73. The van der Waals surface area contributed by atoms with Crippen LogP contribution in [-0.4, -0.2) is 28.5 Å². The molecule has 3 aromatic rings. The van der Waals surface area contributed by atoms with E-state index in [0.717, 1.165) is 52.8 Å². The van der Waals surface area contributed by atoms with E-state index >= 15 is 0 Å². The molecule has 148 valence electrons. The molecule has 0 spiro atoms. The van der Waals surface area contributed by atoms with E-state index in [4.69, 9.17) is 21.3 Å². The average Bonchev–Trinajstić information content (AvgIpc) is 3.30. The summed E-state index contributed by atoms with van der Waals surface area (Å²) in [5.74, 6) is -0.764. The lowest BCUT2D eigenvalue weighted by atomic mass is 10.0. The average molecular weight is 428 g/mol. The van der Waals surface area contributed by atoms with E-state index in [9.17, 15) is 9.59 Å². The summed E-state index contributed by atoms with van der Waals surface area (Å²) in [7, 11) is 0. The highest BCUT2D eigenvalue weighted by Gasteiger charge is 2.25. The SMILES string of the molecule is C=CCOC(=O)c1sc(NC(=O)c2c3c(nc4ccc(Cl)cc24)CCC3)nc1C. The molecule has 6 nitrogen and oxygen atoms in total. The van der Waals surface area contributed by atoms with E-state index in [1.54, 1.807) is 19.1 Å². The summed E-state index contributed by atoms with van der Waals surface area (Å²) < 4.78 is 5.07. The molecule has 1 amide bonds. The van der Waals surface area contributed by atoms with Crippen LogP contribution in [0.15, 0.2) is 30.9 Å². The van der Waals surface area contributed by atoms with Crippen molar-refractivity contribution in [1.82, 2.24) is 9.97 Å². The zero-order valence-electron chi connectivity index (χ0n) is 15.8. The van der Waals surface area contributed by atoms with Crippen LogP contribution in [0.2, 0.25) is 5.02 Å². The predicted octanol–water partition coefficient (Wildman–Crippen LogP) is 4.74. The van der Waals surface area contributed by atoms with E-state index in [2.05, 4.69) is 16.9 Å². The summed E-state index contributed by atoms with van der Waals surface area (Å²) >= 11 is 7.27. The van der Waals surface area contributed by atoms with E-state index in [1.807, 2.05) is 6.07 Å². The number of aryl methyl sites for hydroxylation is 2. The first-order valence-electron chi connectivity index (χ1n) is 9.15. The minimum Gasteiger partial charge on any atom is -0.457 e. The maximum atomic E-state index is 13.2. The van der Waals surface area contributed by atoms with Gasteiger partial charge in [-0.3, -0.25) is 15.1 Å². The van der Waals surface area contributed by atoms with E-state index in [0.29, 0.717) is 26.3 Å². The molecular formula is C21H18ClN3O3S. The van der Waals surface area contributed by atoms with Crippen LogP contribution in [0.4, 0.5) is 5.13 Å². The molecule has 29 heavy (non-hydrogen) atoms. The van der Waals surface area contributed by atoms with E-state index in [1.165, 1.54) is 6.08 Å². The Hall–Kier alpha value is -2.77. The lowest BCUT2D eigenvalue weighted by Gasteiger charge is -2.12. The zero-order chi connectivity index (χ0) is 20.5. The number of amides is 1. The zero-order valence-corrected chi connectivity index (χ0v) is 17.3. The number of thiazole rings is 1. The number of ether oxygens (including phenoxy) is 1. The predicted molar refractivity (Wildman–Crippen MR) is 114 cm³/mol. The first kappa shape index (κ1) is 19.5. The maximum Gasteiger partial charge on any atom is 0.350 e. The number of nitrogens with one attached hydrogen (secondary N) is 1. The second-order valence-electron chi connectivity index (χ2n) is 6.70. The number of pyridine rings is 1. The van der Waals surface area contributed by atoms with Crippen LogP contribution in [0.3, 0.4) is 0 Å². The fourth-order valence-corrected chi connectivity index (χ4v) is 4.52. The number of hydrogen-bond acceptors (Lipinski definition) is 6. The van der Waals surface area contributed by atoms with Gasteiger partial charge in [-0.15, -0.1) is 0 Å². The molecular weight excluding hydrogens is 410 g/mol. The van der Waals surface area contributed by atoms with Crippen molar-refractivity contribution in [2.45, 2.75) is 26.2 Å². The standard InChI is InChI=1S/C21H18ClN3O3S/c1-3-9-28-20(27)18-11(2)23-21(29-18)25-19(26)17-13-5-4-6-15(13)24-16-8-7-12(22)10-14(16)17/h3,7-8,10H,1,4-6,9H2,2H3,(H,23,25,26). The first-order valence-corrected chi connectivity index (χ1v) is 10.3. The molecule has 2 aromatic heterocycles. The molecule has 0 atom stereocenters. The van der Waals surface area contributed by atoms with Crippen LogP contribution in [0, 0.1) is 6.92 Å². The molecule has 0 unspecified atom stereocenters. The van der Waals surface area contributed by atoms with Gasteiger partial charge in [-0.05, 0) is 49.9 Å². The quantitative estimate of drug-likeness (QED) is 0.470. The van der Waals surface area contributed by atoms with Crippen molar-refractivity contribution >= 4 is 50.8 Å². The van der Waals surface area contributed by atoms with Crippen LogP contribution in [0.1, 0.15) is 43.4 Å². The molecule has 1 aliphatic carbocycles. The third kappa shape index (κ3) is 3.75. The number of aromatic nitrogens is 2. The van der Waals surface area contributed by atoms with E-state index < -0.39 is 5.97 Å². The number of rotatable bonds is 5. The number of carbonyl (C=O) groups is 2. The molecule has 0 saturated heterocycles. The first-order chi connectivity index (χ1) is 14.0. The summed E-state index contributed by atoms with van der Waals surface area (Å²) in [6.07, 6.45) is 4.10. The number of halogens is 1. The number of anilines is 1. The normalized spacial score (nSPS) is 12.6. The third-order valence-corrected chi connectivity index (χ3v) is 6.02. The second-order valence-corrected chi connectivity index (χ2v) is 8.14. The van der Waals surface area contributed by atoms with Crippen molar-refractivity contribution in [3.63, 3.8) is 0 Å². The molecule has 0 bridgehead atoms. The van der Waals surface area contributed by atoms with Crippen LogP contribution in [0.25, 0.3) is 10.9 Å². The Labute approximate surface area is 176 Å². The monoisotopic (exact) mass is 427 g/mol. The summed E-state index contributed by atoms with van der Waals surface area (Å²) in [4.78, 5) is 34.7. The molecule has 0 radical (unpaired) electrons. The van der Waals surface area contributed by atoms with E-state index in [-0.39, 0.29) is 12.5 Å². The van der Waals surface area contributed by atoms with Crippen molar-refractivity contribution in [3.05, 3.63) is 63.3 Å². The molecule has 0 saturated carbocycles. The molecule has 2 heterocycles. The van der Waals surface area contributed by atoms with Crippen molar-refractivity contribution in [2.24, 2.45) is 0 Å². The minimum atomic E-state index is -0.484. The van der Waals surface area contributed by atoms with Crippen molar-refractivity contribution in [3.8, 4) is 0 Å². The van der Waals surface area contributed by atoms with Gasteiger partial charge in [0, 0.05) is 16.1 Å². The van der Waals surface area contributed by atoms with Gasteiger partial charge in [0.2, 0.25) is 0 Å². The third-order valence-electron chi connectivity index (χ3n) is 4.74. The second kappa shape index (κ2) is 7.93.